The number of hydrogen-bond acceptors (Lipinski definition) is 6. The number of benzene rings is 1. The van der Waals surface area contributed by atoms with Gasteiger partial charge in [-0.25, -0.2) is 4.98 Å². The summed E-state index contributed by atoms with van der Waals surface area (Å²) in [6, 6.07) is 11.4. The van der Waals surface area contributed by atoms with Gasteiger partial charge in [-0.05, 0) is 12.1 Å². The van der Waals surface area contributed by atoms with Crippen molar-refractivity contribution in [1.29, 1.82) is 5.26 Å². The van der Waals surface area contributed by atoms with Gasteiger partial charge in [0.15, 0.2) is 5.69 Å². The molecule has 0 N–H and O–H groups in total. The van der Waals surface area contributed by atoms with E-state index in [-0.39, 0.29) is 12.3 Å². The topological polar surface area (TPSA) is 76.6 Å². The monoisotopic (exact) mass is 283 g/mol. The van der Waals surface area contributed by atoms with Crippen LogP contribution in [0.3, 0.4) is 0 Å². The average Bonchev–Trinajstić information content (AvgIpc) is 3.14. The van der Waals surface area contributed by atoms with Crippen LogP contribution in [0.4, 0.5) is 0 Å². The molecule has 0 aliphatic heterocycles. The molecule has 0 saturated heterocycles. The lowest BCUT2D eigenvalue weighted by Gasteiger charge is -2.06. The summed E-state index contributed by atoms with van der Waals surface area (Å²) >= 11 is 1.42. The molecular weight excluding hydrogens is 274 g/mol. The standard InChI is InChI=1S/C13H9N5OS/c14-8-11-12(9-19-10-4-2-1-3-5-10)18(17-16-11)13-15-6-7-20-13/h1-7H,9H2. The zero-order valence-electron chi connectivity index (χ0n) is 10.3. The average molecular weight is 283 g/mol. The molecule has 0 saturated carbocycles. The molecule has 0 spiro atoms. The Hall–Kier alpha value is -2.72. The first-order valence-corrected chi connectivity index (χ1v) is 6.69. The van der Waals surface area contributed by atoms with Crippen LogP contribution in [0.5, 0.6) is 5.75 Å². The third kappa shape index (κ3) is 2.37. The van der Waals surface area contributed by atoms with E-state index < -0.39 is 0 Å². The molecule has 0 bridgehead atoms. The molecule has 7 heteroatoms. The minimum absolute atomic E-state index is 0.208. The number of rotatable bonds is 4. The lowest BCUT2D eigenvalue weighted by molar-refractivity contribution is 0.297. The van der Waals surface area contributed by atoms with E-state index >= 15 is 0 Å². The maximum absolute atomic E-state index is 9.09. The number of nitriles is 1. The van der Waals surface area contributed by atoms with Crippen molar-refractivity contribution >= 4 is 11.3 Å². The molecule has 0 amide bonds. The summed E-state index contributed by atoms with van der Waals surface area (Å²) in [5, 5.41) is 19.4. The van der Waals surface area contributed by atoms with Crippen molar-refractivity contribution < 1.29 is 4.74 Å². The van der Waals surface area contributed by atoms with Gasteiger partial charge in [-0.3, -0.25) is 0 Å². The zero-order valence-corrected chi connectivity index (χ0v) is 11.1. The minimum Gasteiger partial charge on any atom is -0.487 e. The quantitative estimate of drug-likeness (QED) is 0.733. The molecule has 0 aliphatic carbocycles. The van der Waals surface area contributed by atoms with E-state index in [1.54, 1.807) is 6.20 Å². The molecule has 6 nitrogen and oxygen atoms in total. The minimum atomic E-state index is 0.208. The molecule has 0 unspecified atom stereocenters. The Morgan fingerprint density at radius 3 is 2.85 bits per heavy atom. The van der Waals surface area contributed by atoms with Gasteiger partial charge in [0.05, 0.1) is 0 Å². The zero-order chi connectivity index (χ0) is 13.8. The van der Waals surface area contributed by atoms with Crippen molar-refractivity contribution in [3.63, 3.8) is 0 Å². The van der Waals surface area contributed by atoms with Crippen molar-refractivity contribution in [2.24, 2.45) is 0 Å². The van der Waals surface area contributed by atoms with Crippen molar-refractivity contribution in [3.8, 4) is 17.0 Å². The normalized spacial score (nSPS) is 10.2. The third-order valence-corrected chi connectivity index (χ3v) is 3.34. The van der Waals surface area contributed by atoms with Crippen LogP contribution in [0, 0.1) is 11.3 Å². The Bertz CT molecular complexity index is 730. The van der Waals surface area contributed by atoms with E-state index in [1.165, 1.54) is 16.0 Å². The predicted molar refractivity (Wildman–Crippen MR) is 72.5 cm³/mol. The van der Waals surface area contributed by atoms with Crippen molar-refractivity contribution in [2.45, 2.75) is 6.61 Å². The Morgan fingerprint density at radius 2 is 2.15 bits per heavy atom. The molecular formula is C13H9N5OS. The molecule has 20 heavy (non-hydrogen) atoms. The van der Waals surface area contributed by atoms with E-state index in [4.69, 9.17) is 10.00 Å². The summed E-state index contributed by atoms with van der Waals surface area (Å²) in [4.78, 5) is 4.16. The van der Waals surface area contributed by atoms with Gasteiger partial charge in [0.25, 0.3) is 0 Å². The second-order valence-corrected chi connectivity index (χ2v) is 4.70. The first-order valence-electron chi connectivity index (χ1n) is 5.81. The maximum Gasteiger partial charge on any atom is 0.212 e. The van der Waals surface area contributed by atoms with Gasteiger partial charge in [-0.2, -0.15) is 9.94 Å². The molecule has 1 aromatic carbocycles. The Balaban J connectivity index is 1.88. The predicted octanol–water partition coefficient (Wildman–Crippen LogP) is 2.17. The highest BCUT2D eigenvalue weighted by Crippen LogP contribution is 2.17. The number of para-hydroxylation sites is 1. The van der Waals surface area contributed by atoms with Crippen LogP contribution in [0.25, 0.3) is 5.13 Å². The SMILES string of the molecule is N#Cc1nnn(-c2nccs2)c1COc1ccccc1. The van der Waals surface area contributed by atoms with Gasteiger partial charge >= 0.3 is 0 Å². The van der Waals surface area contributed by atoms with Crippen LogP contribution in [0.1, 0.15) is 11.4 Å². The number of thiazole rings is 1. The van der Waals surface area contributed by atoms with E-state index in [2.05, 4.69) is 15.3 Å². The molecule has 98 valence electrons. The van der Waals surface area contributed by atoms with Crippen LogP contribution in [0.15, 0.2) is 41.9 Å². The number of nitrogens with zero attached hydrogens (tertiary/aromatic N) is 5. The Morgan fingerprint density at radius 1 is 1.30 bits per heavy atom. The number of hydrogen-bond donors (Lipinski definition) is 0. The van der Waals surface area contributed by atoms with E-state index in [9.17, 15) is 0 Å². The molecule has 0 radical (unpaired) electrons. The fourth-order valence-electron chi connectivity index (χ4n) is 1.66. The molecule has 2 heterocycles. The van der Waals surface area contributed by atoms with Crippen molar-refractivity contribution in [1.82, 2.24) is 20.0 Å². The number of ether oxygens (including phenoxy) is 1. The summed E-state index contributed by atoms with van der Waals surface area (Å²) in [6.07, 6.45) is 1.68. The summed E-state index contributed by atoms with van der Waals surface area (Å²) in [7, 11) is 0. The van der Waals surface area contributed by atoms with Gasteiger partial charge in [-0.15, -0.1) is 16.4 Å². The van der Waals surface area contributed by atoms with Crippen LogP contribution in [0.2, 0.25) is 0 Å². The smallest absolute Gasteiger partial charge is 0.212 e. The first-order chi connectivity index (χ1) is 9.88. The Labute approximate surface area is 118 Å². The van der Waals surface area contributed by atoms with Crippen molar-refractivity contribution in [2.75, 3.05) is 0 Å². The highest BCUT2D eigenvalue weighted by Gasteiger charge is 2.16. The van der Waals surface area contributed by atoms with Crippen LogP contribution in [-0.2, 0) is 6.61 Å². The highest BCUT2D eigenvalue weighted by atomic mass is 32.1. The fraction of sp³-hybridized carbons (Fsp3) is 0.0769. The van der Waals surface area contributed by atoms with E-state index in [0.29, 0.717) is 10.8 Å². The third-order valence-electron chi connectivity index (χ3n) is 2.59. The maximum atomic E-state index is 9.09. The highest BCUT2D eigenvalue weighted by molar-refractivity contribution is 7.12. The molecule has 3 aromatic rings. The van der Waals surface area contributed by atoms with Gasteiger partial charge in [0.1, 0.15) is 24.1 Å². The van der Waals surface area contributed by atoms with E-state index in [1.807, 2.05) is 41.8 Å². The Kier molecular flexibility index (Phi) is 3.39. The van der Waals surface area contributed by atoms with Gasteiger partial charge in [0, 0.05) is 11.6 Å². The second kappa shape index (κ2) is 5.50. The number of aromatic nitrogens is 4. The van der Waals surface area contributed by atoms with Crippen LogP contribution < -0.4 is 4.74 Å². The lowest BCUT2D eigenvalue weighted by atomic mass is 10.3. The lowest BCUT2D eigenvalue weighted by Crippen LogP contribution is -2.06. The molecule has 0 aliphatic rings. The van der Waals surface area contributed by atoms with Gasteiger partial charge < -0.3 is 4.74 Å². The summed E-state index contributed by atoms with van der Waals surface area (Å²) in [5.74, 6) is 0.725. The molecule has 0 atom stereocenters. The second-order valence-electron chi connectivity index (χ2n) is 3.82. The summed E-state index contributed by atoms with van der Waals surface area (Å²) < 4.78 is 7.19. The molecule has 2 aromatic heterocycles. The summed E-state index contributed by atoms with van der Waals surface area (Å²) in [6.45, 7) is 0.208. The fourth-order valence-corrected chi connectivity index (χ4v) is 2.27. The van der Waals surface area contributed by atoms with Crippen LogP contribution in [-0.4, -0.2) is 20.0 Å². The van der Waals surface area contributed by atoms with E-state index in [0.717, 1.165) is 5.75 Å². The van der Waals surface area contributed by atoms with Gasteiger partial charge in [0.2, 0.25) is 5.13 Å². The summed E-state index contributed by atoms with van der Waals surface area (Å²) in [5.41, 5.74) is 0.836. The first kappa shape index (κ1) is 12.3. The van der Waals surface area contributed by atoms with Gasteiger partial charge in [-0.1, -0.05) is 23.4 Å². The molecule has 0 fully saturated rings. The molecule has 3 rings (SSSR count). The largest absolute Gasteiger partial charge is 0.487 e. The van der Waals surface area contributed by atoms with Crippen LogP contribution >= 0.6 is 11.3 Å². The van der Waals surface area contributed by atoms with Crippen molar-refractivity contribution in [3.05, 3.63) is 53.3 Å².